The van der Waals surface area contributed by atoms with Gasteiger partial charge in [0.25, 0.3) is 0 Å². The molecule has 0 radical (unpaired) electrons. The molecule has 0 saturated carbocycles. The van der Waals surface area contributed by atoms with Crippen molar-refractivity contribution >= 4 is 21.2 Å². The van der Waals surface area contributed by atoms with Crippen LogP contribution in [0, 0.1) is 0 Å². The molecule has 1 aromatic heterocycles. The molecular formula is C18H14F3NO3S2. The molecule has 0 aliphatic rings. The molecule has 3 aromatic rings. The van der Waals surface area contributed by atoms with Gasteiger partial charge < -0.3 is 4.74 Å². The number of sulfone groups is 1. The van der Waals surface area contributed by atoms with E-state index < -0.39 is 21.6 Å². The van der Waals surface area contributed by atoms with E-state index in [1.165, 1.54) is 35.6 Å². The molecule has 0 spiro atoms. The van der Waals surface area contributed by atoms with E-state index in [9.17, 15) is 21.6 Å². The summed E-state index contributed by atoms with van der Waals surface area (Å²) in [5.74, 6) is 0.108. The zero-order valence-corrected chi connectivity index (χ0v) is 15.7. The van der Waals surface area contributed by atoms with Gasteiger partial charge in [-0.05, 0) is 30.3 Å². The standard InChI is InChI=1S/C18H14F3NO3S2/c1-27(23,24)16-7-5-12(6-8-16)17-22-14(11-26-17)10-25-15-4-2-3-13(9-15)18(19,20)21/h2-9,11H,10H2,1H3. The first kappa shape index (κ1) is 19.4. The molecule has 0 N–H and O–H groups in total. The fourth-order valence-corrected chi connectivity index (χ4v) is 3.71. The Bertz CT molecular complexity index is 1040. The van der Waals surface area contributed by atoms with Crippen LogP contribution in [0.2, 0.25) is 0 Å². The van der Waals surface area contributed by atoms with Crippen molar-refractivity contribution in [2.45, 2.75) is 17.7 Å². The van der Waals surface area contributed by atoms with E-state index in [-0.39, 0.29) is 17.3 Å². The van der Waals surface area contributed by atoms with Crippen LogP contribution >= 0.6 is 11.3 Å². The molecule has 0 aliphatic heterocycles. The fourth-order valence-electron chi connectivity index (χ4n) is 2.27. The van der Waals surface area contributed by atoms with Crippen LogP contribution in [0.4, 0.5) is 13.2 Å². The summed E-state index contributed by atoms with van der Waals surface area (Å²) in [7, 11) is -3.27. The van der Waals surface area contributed by atoms with E-state index in [1.54, 1.807) is 17.5 Å². The van der Waals surface area contributed by atoms with Crippen molar-refractivity contribution < 1.29 is 26.3 Å². The highest BCUT2D eigenvalue weighted by Crippen LogP contribution is 2.31. The number of aromatic nitrogens is 1. The summed E-state index contributed by atoms with van der Waals surface area (Å²) in [5.41, 5.74) is 0.544. The van der Waals surface area contributed by atoms with Crippen molar-refractivity contribution in [3.8, 4) is 16.3 Å². The summed E-state index contributed by atoms with van der Waals surface area (Å²) in [6.07, 6.45) is -3.29. The van der Waals surface area contributed by atoms with Crippen LogP contribution < -0.4 is 4.74 Å². The first-order valence-corrected chi connectivity index (χ1v) is 10.4. The Balaban J connectivity index is 1.70. The summed E-state index contributed by atoms with van der Waals surface area (Å²) in [5, 5.41) is 2.41. The number of hydrogen-bond acceptors (Lipinski definition) is 5. The Hall–Kier alpha value is -2.39. The summed E-state index contributed by atoms with van der Waals surface area (Å²) in [6.45, 7) is 0.0270. The second-order valence-electron chi connectivity index (χ2n) is 5.75. The monoisotopic (exact) mass is 413 g/mol. The Kier molecular flexibility index (Phi) is 5.25. The maximum atomic E-state index is 12.7. The van der Waals surface area contributed by atoms with Gasteiger partial charge in [-0.1, -0.05) is 18.2 Å². The zero-order chi connectivity index (χ0) is 19.7. The van der Waals surface area contributed by atoms with Crippen molar-refractivity contribution in [3.05, 3.63) is 65.2 Å². The Labute approximate surface area is 158 Å². The lowest BCUT2D eigenvalue weighted by Gasteiger charge is -2.09. The van der Waals surface area contributed by atoms with E-state index in [1.807, 2.05) is 0 Å². The lowest BCUT2D eigenvalue weighted by Crippen LogP contribution is -2.05. The van der Waals surface area contributed by atoms with E-state index in [0.29, 0.717) is 10.7 Å². The van der Waals surface area contributed by atoms with Crippen molar-refractivity contribution in [3.63, 3.8) is 0 Å². The van der Waals surface area contributed by atoms with Gasteiger partial charge >= 0.3 is 6.18 Å². The normalized spacial score (nSPS) is 12.1. The molecular weight excluding hydrogens is 399 g/mol. The lowest BCUT2D eigenvalue weighted by atomic mass is 10.2. The Morgan fingerprint density at radius 1 is 1.11 bits per heavy atom. The van der Waals surface area contributed by atoms with Crippen LogP contribution in [0.1, 0.15) is 11.3 Å². The average molecular weight is 413 g/mol. The molecule has 0 saturated heterocycles. The number of alkyl halides is 3. The van der Waals surface area contributed by atoms with Crippen LogP contribution in [-0.2, 0) is 22.6 Å². The molecule has 27 heavy (non-hydrogen) atoms. The van der Waals surface area contributed by atoms with Gasteiger partial charge in [0.05, 0.1) is 16.2 Å². The zero-order valence-electron chi connectivity index (χ0n) is 14.0. The Morgan fingerprint density at radius 2 is 1.81 bits per heavy atom. The molecule has 0 atom stereocenters. The molecule has 3 rings (SSSR count). The third kappa shape index (κ3) is 4.86. The predicted octanol–water partition coefficient (Wildman–Crippen LogP) is 4.81. The van der Waals surface area contributed by atoms with Gasteiger partial charge in [0, 0.05) is 17.2 Å². The highest BCUT2D eigenvalue weighted by molar-refractivity contribution is 7.90. The quantitative estimate of drug-likeness (QED) is 0.602. The summed E-state index contributed by atoms with van der Waals surface area (Å²) >= 11 is 1.34. The first-order valence-electron chi connectivity index (χ1n) is 7.68. The van der Waals surface area contributed by atoms with Gasteiger partial charge in [-0.15, -0.1) is 11.3 Å². The Morgan fingerprint density at radius 3 is 2.44 bits per heavy atom. The van der Waals surface area contributed by atoms with Crippen LogP contribution in [0.3, 0.4) is 0 Å². The van der Waals surface area contributed by atoms with Crippen LogP contribution in [-0.4, -0.2) is 19.7 Å². The van der Waals surface area contributed by atoms with E-state index in [4.69, 9.17) is 4.74 Å². The number of nitrogens with zero attached hydrogens (tertiary/aromatic N) is 1. The minimum Gasteiger partial charge on any atom is -0.487 e. The van der Waals surface area contributed by atoms with Gasteiger partial charge in [-0.3, -0.25) is 0 Å². The number of benzene rings is 2. The smallest absolute Gasteiger partial charge is 0.416 e. The molecule has 1 heterocycles. The van der Waals surface area contributed by atoms with Crippen LogP contribution in [0.5, 0.6) is 5.75 Å². The summed E-state index contributed by atoms with van der Waals surface area (Å²) < 4.78 is 66.5. The molecule has 2 aromatic carbocycles. The topological polar surface area (TPSA) is 56.3 Å². The van der Waals surface area contributed by atoms with Crippen molar-refractivity contribution in [1.82, 2.24) is 4.98 Å². The van der Waals surface area contributed by atoms with Gasteiger partial charge in [-0.25, -0.2) is 13.4 Å². The minimum atomic E-state index is -4.43. The third-order valence-electron chi connectivity index (χ3n) is 3.63. The van der Waals surface area contributed by atoms with Crippen LogP contribution in [0.25, 0.3) is 10.6 Å². The third-order valence-corrected chi connectivity index (χ3v) is 5.70. The van der Waals surface area contributed by atoms with Gasteiger partial charge in [-0.2, -0.15) is 13.2 Å². The molecule has 0 amide bonds. The number of hydrogen-bond donors (Lipinski definition) is 0. The lowest BCUT2D eigenvalue weighted by molar-refractivity contribution is -0.137. The molecule has 0 unspecified atom stereocenters. The SMILES string of the molecule is CS(=O)(=O)c1ccc(-c2nc(COc3cccc(C(F)(F)F)c3)cs2)cc1. The highest BCUT2D eigenvalue weighted by Gasteiger charge is 2.30. The number of rotatable bonds is 5. The molecule has 142 valence electrons. The minimum absolute atomic E-state index is 0.0270. The van der Waals surface area contributed by atoms with E-state index >= 15 is 0 Å². The molecule has 9 heteroatoms. The van der Waals surface area contributed by atoms with Gasteiger partial charge in [0.1, 0.15) is 17.4 Å². The average Bonchev–Trinajstić information content (AvgIpc) is 3.08. The maximum Gasteiger partial charge on any atom is 0.416 e. The summed E-state index contributed by atoms with van der Waals surface area (Å²) in [4.78, 5) is 4.60. The van der Waals surface area contributed by atoms with Crippen molar-refractivity contribution in [2.24, 2.45) is 0 Å². The second-order valence-corrected chi connectivity index (χ2v) is 8.63. The molecule has 4 nitrogen and oxygen atoms in total. The highest BCUT2D eigenvalue weighted by atomic mass is 32.2. The molecule has 0 bridgehead atoms. The van der Waals surface area contributed by atoms with Gasteiger partial charge in [0.15, 0.2) is 9.84 Å². The maximum absolute atomic E-state index is 12.7. The predicted molar refractivity (Wildman–Crippen MR) is 96.4 cm³/mol. The van der Waals surface area contributed by atoms with Crippen molar-refractivity contribution in [2.75, 3.05) is 6.26 Å². The summed E-state index contributed by atoms with van der Waals surface area (Å²) in [6, 6.07) is 11.0. The molecule has 0 aliphatic carbocycles. The van der Waals surface area contributed by atoms with Crippen molar-refractivity contribution in [1.29, 1.82) is 0 Å². The fraction of sp³-hybridized carbons (Fsp3) is 0.167. The van der Waals surface area contributed by atoms with E-state index in [0.717, 1.165) is 24.0 Å². The first-order chi connectivity index (χ1) is 12.6. The van der Waals surface area contributed by atoms with E-state index in [2.05, 4.69) is 4.98 Å². The number of halogens is 3. The number of ether oxygens (including phenoxy) is 1. The second kappa shape index (κ2) is 7.32. The van der Waals surface area contributed by atoms with Gasteiger partial charge in [0.2, 0.25) is 0 Å². The largest absolute Gasteiger partial charge is 0.487 e. The molecule has 0 fully saturated rings. The number of thiazole rings is 1. The van der Waals surface area contributed by atoms with Crippen LogP contribution in [0.15, 0.2) is 58.8 Å².